The van der Waals surface area contributed by atoms with Crippen molar-refractivity contribution in [3.05, 3.63) is 70.8 Å². The van der Waals surface area contributed by atoms with E-state index in [4.69, 9.17) is 0 Å². The minimum Gasteiger partial charge on any atom is -0.481 e. The number of nitrogens with zero attached hydrogens (tertiary/aromatic N) is 1. The van der Waals surface area contributed by atoms with Crippen LogP contribution in [0.15, 0.2) is 48.5 Å². The minimum absolute atomic E-state index is 0.0650. The molecule has 0 radical (unpaired) electrons. The molecule has 1 saturated carbocycles. The molecule has 0 aromatic heterocycles. The molecule has 158 valence electrons. The van der Waals surface area contributed by atoms with Gasteiger partial charge in [0.25, 0.3) is 5.91 Å². The fraction of sp³-hybridized carbons (Fsp3) is 0.462. The molecule has 1 aliphatic heterocycles. The van der Waals surface area contributed by atoms with Crippen LogP contribution in [0.2, 0.25) is 0 Å². The SMILES string of the molecule is CC(C)(C)C(C(=O)O)(c1ccc(CN2Cc3ccccc3C2=O)cc1)C1CCCC1. The molecule has 0 saturated heterocycles. The van der Waals surface area contributed by atoms with Crippen molar-refractivity contribution in [2.45, 2.75) is 65.0 Å². The number of aliphatic carboxylic acids is 1. The standard InChI is InChI=1S/C26H31NO3/c1-25(2,3)26(24(29)30,20-9-5-6-10-20)21-14-12-18(13-15-21)16-27-17-19-8-4-7-11-22(19)23(27)28/h4,7-8,11-15,20H,5-6,9-10,16-17H2,1-3H3,(H,29,30). The maximum atomic E-state index is 12.7. The van der Waals surface area contributed by atoms with E-state index in [9.17, 15) is 14.7 Å². The van der Waals surface area contributed by atoms with Crippen molar-refractivity contribution in [1.82, 2.24) is 4.90 Å². The van der Waals surface area contributed by atoms with Gasteiger partial charge in [-0.3, -0.25) is 9.59 Å². The third kappa shape index (κ3) is 3.23. The monoisotopic (exact) mass is 405 g/mol. The highest BCUT2D eigenvalue weighted by Crippen LogP contribution is 2.52. The lowest BCUT2D eigenvalue weighted by molar-refractivity contribution is -0.152. The first-order valence-electron chi connectivity index (χ1n) is 10.9. The van der Waals surface area contributed by atoms with Crippen molar-refractivity contribution in [1.29, 1.82) is 0 Å². The molecule has 1 fully saturated rings. The summed E-state index contributed by atoms with van der Waals surface area (Å²) in [6, 6.07) is 15.7. The van der Waals surface area contributed by atoms with E-state index in [-0.39, 0.29) is 11.8 Å². The van der Waals surface area contributed by atoms with Gasteiger partial charge < -0.3 is 10.0 Å². The van der Waals surface area contributed by atoms with Gasteiger partial charge in [0.2, 0.25) is 0 Å². The number of rotatable bonds is 5. The van der Waals surface area contributed by atoms with Gasteiger partial charge >= 0.3 is 5.97 Å². The molecule has 4 nitrogen and oxygen atoms in total. The predicted octanol–water partition coefficient (Wildman–Crippen LogP) is 5.40. The smallest absolute Gasteiger partial charge is 0.314 e. The molecule has 2 aromatic rings. The summed E-state index contributed by atoms with van der Waals surface area (Å²) in [5.74, 6) is -0.509. The van der Waals surface area contributed by atoms with Crippen molar-refractivity contribution < 1.29 is 14.7 Å². The third-order valence-corrected chi connectivity index (χ3v) is 7.17. The van der Waals surface area contributed by atoms with Crippen molar-refractivity contribution in [2.24, 2.45) is 11.3 Å². The zero-order valence-electron chi connectivity index (χ0n) is 18.1. The Morgan fingerprint density at radius 2 is 1.67 bits per heavy atom. The first kappa shape index (κ1) is 20.6. The quantitative estimate of drug-likeness (QED) is 0.724. The molecule has 1 N–H and O–H groups in total. The molecule has 1 unspecified atom stereocenters. The number of carboxylic acid groups (broad SMARTS) is 1. The summed E-state index contributed by atoms with van der Waals surface area (Å²) in [4.78, 5) is 27.3. The molecule has 4 rings (SSSR count). The number of fused-ring (bicyclic) bond motifs is 1. The van der Waals surface area contributed by atoms with Crippen LogP contribution in [-0.4, -0.2) is 21.9 Å². The van der Waals surface area contributed by atoms with Gasteiger partial charge in [0.05, 0.1) is 0 Å². The van der Waals surface area contributed by atoms with Gasteiger partial charge in [0.15, 0.2) is 0 Å². The Morgan fingerprint density at radius 1 is 1.03 bits per heavy atom. The van der Waals surface area contributed by atoms with Crippen molar-refractivity contribution >= 4 is 11.9 Å². The van der Waals surface area contributed by atoms with Crippen molar-refractivity contribution in [3.63, 3.8) is 0 Å². The van der Waals surface area contributed by atoms with Gasteiger partial charge in [0, 0.05) is 18.7 Å². The number of benzene rings is 2. The Bertz CT molecular complexity index is 951. The van der Waals surface area contributed by atoms with Gasteiger partial charge in [-0.25, -0.2) is 0 Å². The highest BCUT2D eigenvalue weighted by Gasteiger charge is 2.55. The summed E-state index contributed by atoms with van der Waals surface area (Å²) in [6.45, 7) is 7.31. The molecule has 1 aliphatic carbocycles. The molecule has 4 heteroatoms. The highest BCUT2D eigenvalue weighted by atomic mass is 16.4. The van der Waals surface area contributed by atoms with Crippen LogP contribution in [0, 0.1) is 11.3 Å². The molecule has 2 aromatic carbocycles. The molecule has 1 atom stereocenters. The average Bonchev–Trinajstić information content (AvgIpc) is 3.32. The maximum Gasteiger partial charge on any atom is 0.314 e. The number of amides is 1. The number of carbonyl (C=O) groups is 2. The first-order chi connectivity index (χ1) is 14.2. The van der Waals surface area contributed by atoms with Crippen molar-refractivity contribution in [3.8, 4) is 0 Å². The summed E-state index contributed by atoms with van der Waals surface area (Å²) in [7, 11) is 0. The summed E-state index contributed by atoms with van der Waals surface area (Å²) in [5.41, 5.74) is 2.46. The lowest BCUT2D eigenvalue weighted by Crippen LogP contribution is -2.52. The number of carboxylic acids is 1. The van der Waals surface area contributed by atoms with Crippen LogP contribution >= 0.6 is 0 Å². The largest absolute Gasteiger partial charge is 0.481 e. The predicted molar refractivity (Wildman–Crippen MR) is 117 cm³/mol. The Morgan fingerprint density at radius 3 is 2.23 bits per heavy atom. The van der Waals surface area contributed by atoms with Crippen LogP contribution in [0.3, 0.4) is 0 Å². The summed E-state index contributed by atoms with van der Waals surface area (Å²) in [6.07, 6.45) is 4.13. The molecule has 2 aliphatic rings. The van der Waals surface area contributed by atoms with Gasteiger partial charge in [-0.15, -0.1) is 0 Å². The Hall–Kier alpha value is -2.62. The zero-order valence-corrected chi connectivity index (χ0v) is 18.1. The molecular weight excluding hydrogens is 374 g/mol. The second kappa shape index (κ2) is 7.57. The minimum atomic E-state index is -0.901. The van der Waals surface area contributed by atoms with Gasteiger partial charge in [0.1, 0.15) is 5.41 Å². The van der Waals surface area contributed by atoms with Crippen molar-refractivity contribution in [2.75, 3.05) is 0 Å². The van der Waals surface area contributed by atoms with Crippen LogP contribution in [0.1, 0.15) is 73.5 Å². The lowest BCUT2D eigenvalue weighted by atomic mass is 9.55. The van der Waals surface area contributed by atoms with E-state index in [0.29, 0.717) is 13.1 Å². The van der Waals surface area contributed by atoms with Crippen LogP contribution in [0.4, 0.5) is 0 Å². The van der Waals surface area contributed by atoms with E-state index < -0.39 is 16.8 Å². The Kier molecular flexibility index (Phi) is 5.21. The highest BCUT2D eigenvalue weighted by molar-refractivity contribution is 5.98. The molecule has 1 amide bonds. The van der Waals surface area contributed by atoms with E-state index in [1.54, 1.807) is 0 Å². The first-order valence-corrected chi connectivity index (χ1v) is 10.9. The summed E-state index contributed by atoms with van der Waals surface area (Å²) < 4.78 is 0. The van der Waals surface area contributed by atoms with E-state index in [1.165, 1.54) is 0 Å². The molecular formula is C26H31NO3. The van der Waals surface area contributed by atoms with E-state index in [0.717, 1.165) is 47.9 Å². The zero-order chi connectivity index (χ0) is 21.5. The Labute approximate surface area is 178 Å². The van der Waals surface area contributed by atoms with E-state index >= 15 is 0 Å². The number of hydrogen-bond acceptors (Lipinski definition) is 2. The molecule has 0 bridgehead atoms. The number of hydrogen-bond donors (Lipinski definition) is 1. The summed E-state index contributed by atoms with van der Waals surface area (Å²) >= 11 is 0. The summed E-state index contributed by atoms with van der Waals surface area (Å²) in [5, 5.41) is 10.5. The van der Waals surface area contributed by atoms with E-state index in [2.05, 4.69) is 0 Å². The van der Waals surface area contributed by atoms with Crippen LogP contribution in [0.25, 0.3) is 0 Å². The van der Waals surface area contributed by atoms with Crippen LogP contribution < -0.4 is 0 Å². The van der Waals surface area contributed by atoms with Crippen LogP contribution in [-0.2, 0) is 23.3 Å². The molecule has 1 heterocycles. The van der Waals surface area contributed by atoms with Crippen LogP contribution in [0.5, 0.6) is 0 Å². The maximum absolute atomic E-state index is 12.7. The molecule has 0 spiro atoms. The van der Waals surface area contributed by atoms with Gasteiger partial charge in [-0.2, -0.15) is 0 Å². The van der Waals surface area contributed by atoms with Gasteiger partial charge in [-0.05, 0) is 46.9 Å². The Balaban J connectivity index is 1.62. The van der Waals surface area contributed by atoms with E-state index in [1.807, 2.05) is 74.2 Å². The fourth-order valence-corrected chi connectivity index (χ4v) is 5.79. The number of carbonyl (C=O) groups excluding carboxylic acids is 1. The molecule has 30 heavy (non-hydrogen) atoms. The normalized spacial score (nSPS) is 19.0. The third-order valence-electron chi connectivity index (χ3n) is 7.17. The second-order valence-electron chi connectivity index (χ2n) is 9.86. The second-order valence-corrected chi connectivity index (χ2v) is 9.86. The fourth-order valence-electron chi connectivity index (χ4n) is 5.79. The van der Waals surface area contributed by atoms with Gasteiger partial charge in [-0.1, -0.05) is 76.1 Å². The topological polar surface area (TPSA) is 57.6 Å². The average molecular weight is 406 g/mol. The lowest BCUT2D eigenvalue weighted by Gasteiger charge is -2.46.